The molecule has 0 fully saturated rings. The van der Waals surface area contributed by atoms with E-state index in [4.69, 9.17) is 11.5 Å². The lowest BCUT2D eigenvalue weighted by atomic mass is 10.1. The minimum absolute atomic E-state index is 0.0483. The van der Waals surface area contributed by atoms with Gasteiger partial charge in [-0.15, -0.1) is 0 Å². The van der Waals surface area contributed by atoms with Crippen LogP contribution in [0.1, 0.15) is 33.1 Å². The van der Waals surface area contributed by atoms with E-state index in [-0.39, 0.29) is 24.0 Å². The van der Waals surface area contributed by atoms with Crippen LogP contribution in [0.25, 0.3) is 0 Å². The molecule has 1 amide bonds. The Morgan fingerprint density at radius 1 is 1.24 bits per heavy atom. The Morgan fingerprint density at radius 2 is 1.90 bits per heavy atom. The molecule has 0 aliphatic carbocycles. The van der Waals surface area contributed by atoms with Crippen LogP contribution < -0.4 is 22.1 Å². The van der Waals surface area contributed by atoms with E-state index in [9.17, 15) is 4.79 Å². The number of nitrogens with one attached hydrogen (secondary N) is 2. The molecular formula is C14H32N6O. The summed E-state index contributed by atoms with van der Waals surface area (Å²) in [6, 6.07) is 0.0594. The fourth-order valence-electron chi connectivity index (χ4n) is 1.93. The third-order valence-corrected chi connectivity index (χ3v) is 2.88. The van der Waals surface area contributed by atoms with Crippen LogP contribution in [0, 0.1) is 0 Å². The first kappa shape index (κ1) is 19.7. The quantitative estimate of drug-likeness (QED) is 0.233. The molecule has 1 unspecified atom stereocenters. The zero-order valence-corrected chi connectivity index (χ0v) is 13.9. The summed E-state index contributed by atoms with van der Waals surface area (Å²) in [5.74, 6) is 0.142. The lowest BCUT2D eigenvalue weighted by Gasteiger charge is -2.20. The second-order valence-corrected chi connectivity index (χ2v) is 5.77. The number of carbonyl (C=O) groups is 1. The SMILES string of the molecule is CC(C)NC(CCCN=C(N)N)C(=O)NCCCN(C)C. The van der Waals surface area contributed by atoms with Gasteiger partial charge in [-0.1, -0.05) is 13.8 Å². The summed E-state index contributed by atoms with van der Waals surface area (Å²) in [5, 5.41) is 6.26. The minimum atomic E-state index is -0.196. The largest absolute Gasteiger partial charge is 0.370 e. The standard InChI is InChI=1S/C14H32N6O/c1-11(2)19-12(7-5-8-18-14(15)16)13(21)17-9-6-10-20(3)4/h11-12,19H,5-10H2,1-4H3,(H,17,21)(H4,15,16,18). The van der Waals surface area contributed by atoms with Crippen LogP contribution in [-0.2, 0) is 4.79 Å². The monoisotopic (exact) mass is 300 g/mol. The van der Waals surface area contributed by atoms with Crippen LogP contribution in [0.4, 0.5) is 0 Å². The van der Waals surface area contributed by atoms with Gasteiger partial charge < -0.3 is 27.0 Å². The first-order chi connectivity index (χ1) is 9.82. The first-order valence-electron chi connectivity index (χ1n) is 7.56. The van der Waals surface area contributed by atoms with E-state index >= 15 is 0 Å². The number of guanidine groups is 1. The average molecular weight is 300 g/mol. The Labute approximate surface area is 128 Å². The number of carbonyl (C=O) groups excluding carboxylic acids is 1. The maximum Gasteiger partial charge on any atom is 0.237 e. The van der Waals surface area contributed by atoms with Crippen LogP contribution in [0.5, 0.6) is 0 Å². The molecule has 0 bridgehead atoms. The molecule has 124 valence electrons. The number of nitrogens with zero attached hydrogens (tertiary/aromatic N) is 2. The summed E-state index contributed by atoms with van der Waals surface area (Å²) in [4.78, 5) is 18.2. The van der Waals surface area contributed by atoms with Gasteiger partial charge in [0.05, 0.1) is 6.04 Å². The fourth-order valence-corrected chi connectivity index (χ4v) is 1.93. The fraction of sp³-hybridized carbons (Fsp3) is 0.857. The van der Waals surface area contributed by atoms with E-state index in [0.717, 1.165) is 19.4 Å². The average Bonchev–Trinajstić information content (AvgIpc) is 2.37. The predicted octanol–water partition coefficient (Wildman–Crippen LogP) is -0.525. The van der Waals surface area contributed by atoms with Crippen molar-refractivity contribution in [3.05, 3.63) is 0 Å². The second-order valence-electron chi connectivity index (χ2n) is 5.77. The van der Waals surface area contributed by atoms with Gasteiger partial charge in [0.15, 0.2) is 5.96 Å². The summed E-state index contributed by atoms with van der Waals surface area (Å²) in [5.41, 5.74) is 10.6. The number of aliphatic imine (C=N–C) groups is 1. The number of hydrogen-bond donors (Lipinski definition) is 4. The number of hydrogen-bond acceptors (Lipinski definition) is 4. The van der Waals surface area contributed by atoms with Crippen molar-refractivity contribution >= 4 is 11.9 Å². The van der Waals surface area contributed by atoms with Crippen LogP contribution in [0.3, 0.4) is 0 Å². The van der Waals surface area contributed by atoms with Crippen molar-refractivity contribution in [2.24, 2.45) is 16.5 Å². The molecule has 0 aromatic carbocycles. The molecule has 0 spiro atoms. The number of nitrogens with two attached hydrogens (primary N) is 2. The van der Waals surface area contributed by atoms with Gasteiger partial charge in [0.1, 0.15) is 0 Å². The second kappa shape index (κ2) is 11.3. The van der Waals surface area contributed by atoms with Crippen LogP contribution in [0.2, 0.25) is 0 Å². The highest BCUT2D eigenvalue weighted by molar-refractivity contribution is 5.81. The highest BCUT2D eigenvalue weighted by atomic mass is 16.2. The molecule has 1 atom stereocenters. The van der Waals surface area contributed by atoms with Crippen molar-refractivity contribution in [3.8, 4) is 0 Å². The lowest BCUT2D eigenvalue weighted by molar-refractivity contribution is -0.123. The zero-order valence-electron chi connectivity index (χ0n) is 13.9. The van der Waals surface area contributed by atoms with E-state index in [1.807, 2.05) is 27.9 Å². The normalized spacial score (nSPS) is 12.5. The molecule has 0 saturated carbocycles. The van der Waals surface area contributed by atoms with Crippen molar-refractivity contribution < 1.29 is 4.79 Å². The Balaban J connectivity index is 4.13. The van der Waals surface area contributed by atoms with E-state index in [1.165, 1.54) is 0 Å². The molecule has 0 rings (SSSR count). The summed E-state index contributed by atoms with van der Waals surface area (Å²) in [6.45, 7) is 6.27. The van der Waals surface area contributed by atoms with Crippen LogP contribution >= 0.6 is 0 Å². The van der Waals surface area contributed by atoms with Crippen LogP contribution in [0.15, 0.2) is 4.99 Å². The van der Waals surface area contributed by atoms with E-state index in [1.54, 1.807) is 0 Å². The highest BCUT2D eigenvalue weighted by Gasteiger charge is 2.18. The molecule has 21 heavy (non-hydrogen) atoms. The topological polar surface area (TPSA) is 109 Å². The Bertz CT molecular complexity index is 313. The van der Waals surface area contributed by atoms with Gasteiger partial charge in [-0.2, -0.15) is 0 Å². The summed E-state index contributed by atoms with van der Waals surface area (Å²) >= 11 is 0. The number of amides is 1. The lowest BCUT2D eigenvalue weighted by Crippen LogP contribution is -2.47. The molecule has 0 heterocycles. The molecule has 0 aromatic heterocycles. The van der Waals surface area contributed by atoms with Gasteiger partial charge in [-0.05, 0) is 39.9 Å². The molecule has 0 aromatic rings. The molecule has 0 saturated heterocycles. The van der Waals surface area contributed by atoms with Crippen molar-refractivity contribution in [2.45, 2.75) is 45.2 Å². The van der Waals surface area contributed by atoms with Gasteiger partial charge in [-0.3, -0.25) is 9.79 Å². The minimum Gasteiger partial charge on any atom is -0.370 e. The Hall–Kier alpha value is -1.34. The number of rotatable bonds is 11. The van der Waals surface area contributed by atoms with Gasteiger partial charge in [0.2, 0.25) is 5.91 Å². The first-order valence-corrected chi connectivity index (χ1v) is 7.56. The maximum absolute atomic E-state index is 12.2. The summed E-state index contributed by atoms with van der Waals surface area (Å²) < 4.78 is 0. The molecule has 0 aliphatic heterocycles. The molecular weight excluding hydrogens is 268 g/mol. The zero-order chi connectivity index (χ0) is 16.3. The van der Waals surface area contributed by atoms with Gasteiger partial charge in [0.25, 0.3) is 0 Å². The summed E-state index contributed by atoms with van der Waals surface area (Å²) in [7, 11) is 4.04. The molecule has 6 N–H and O–H groups in total. The van der Waals surface area contributed by atoms with Gasteiger partial charge in [-0.25, -0.2) is 0 Å². The third-order valence-electron chi connectivity index (χ3n) is 2.88. The van der Waals surface area contributed by atoms with E-state index in [2.05, 4.69) is 20.5 Å². The molecule has 7 nitrogen and oxygen atoms in total. The third kappa shape index (κ3) is 12.1. The smallest absolute Gasteiger partial charge is 0.237 e. The highest BCUT2D eigenvalue weighted by Crippen LogP contribution is 2.00. The predicted molar refractivity (Wildman–Crippen MR) is 88.2 cm³/mol. The Kier molecular flexibility index (Phi) is 10.6. The van der Waals surface area contributed by atoms with Crippen molar-refractivity contribution in [2.75, 3.05) is 33.7 Å². The Morgan fingerprint density at radius 3 is 2.43 bits per heavy atom. The van der Waals surface area contributed by atoms with E-state index < -0.39 is 0 Å². The van der Waals surface area contributed by atoms with E-state index in [0.29, 0.717) is 19.5 Å². The van der Waals surface area contributed by atoms with Crippen molar-refractivity contribution in [1.29, 1.82) is 0 Å². The molecule has 7 heteroatoms. The molecule has 0 aliphatic rings. The van der Waals surface area contributed by atoms with Gasteiger partial charge in [0, 0.05) is 19.1 Å². The van der Waals surface area contributed by atoms with Gasteiger partial charge >= 0.3 is 0 Å². The van der Waals surface area contributed by atoms with Crippen LogP contribution in [-0.4, -0.2) is 62.6 Å². The maximum atomic E-state index is 12.2. The molecule has 0 radical (unpaired) electrons. The summed E-state index contributed by atoms with van der Waals surface area (Å²) in [6.07, 6.45) is 2.43. The van der Waals surface area contributed by atoms with Crippen molar-refractivity contribution in [3.63, 3.8) is 0 Å². The van der Waals surface area contributed by atoms with Crippen molar-refractivity contribution in [1.82, 2.24) is 15.5 Å².